The first-order valence-corrected chi connectivity index (χ1v) is 15.4. The molecule has 0 aliphatic heterocycles. The van der Waals surface area contributed by atoms with Crippen LogP contribution in [0.3, 0.4) is 0 Å². The lowest BCUT2D eigenvalue weighted by Gasteiger charge is -2.23. The number of hydrogen-bond donors (Lipinski definition) is 0. The molecule has 0 aliphatic carbocycles. The van der Waals surface area contributed by atoms with Gasteiger partial charge in [-0.3, -0.25) is 0 Å². The van der Waals surface area contributed by atoms with Crippen molar-refractivity contribution in [3.63, 3.8) is 0 Å². The summed E-state index contributed by atoms with van der Waals surface area (Å²) in [5, 5.41) is 0. The summed E-state index contributed by atoms with van der Waals surface area (Å²) < 4.78 is 24.5. The molecule has 0 fully saturated rings. The van der Waals surface area contributed by atoms with Gasteiger partial charge < -0.3 is 18.9 Å². The van der Waals surface area contributed by atoms with E-state index in [0.29, 0.717) is 12.5 Å². The van der Waals surface area contributed by atoms with E-state index in [1.807, 2.05) is 69.3 Å². The Bertz CT molecular complexity index is 1390. The Morgan fingerprint density at radius 1 is 0.512 bits per heavy atom. The van der Waals surface area contributed by atoms with Crippen molar-refractivity contribution in [1.29, 1.82) is 0 Å². The highest BCUT2D eigenvalue weighted by Gasteiger charge is 2.16. The van der Waals surface area contributed by atoms with Crippen LogP contribution in [0.4, 0.5) is 0 Å². The molecule has 0 saturated heterocycles. The smallest absolute Gasteiger partial charge is 0.124 e. The van der Waals surface area contributed by atoms with E-state index >= 15 is 0 Å². The molecule has 0 radical (unpaired) electrons. The molecule has 43 heavy (non-hydrogen) atoms. The molecule has 4 aromatic carbocycles. The fourth-order valence-corrected chi connectivity index (χ4v) is 4.72. The van der Waals surface area contributed by atoms with E-state index < -0.39 is 0 Å². The third kappa shape index (κ3) is 10.7. The van der Waals surface area contributed by atoms with E-state index in [2.05, 4.69) is 83.1 Å². The third-order valence-electron chi connectivity index (χ3n) is 6.87. The molecule has 0 bridgehead atoms. The Morgan fingerprint density at radius 3 is 1.44 bits per heavy atom. The number of ether oxygens (including phenoxy) is 4. The Hall–Kier alpha value is -3.92. The molecule has 4 rings (SSSR count). The lowest BCUT2D eigenvalue weighted by molar-refractivity contribution is 0.130. The minimum absolute atomic E-state index is 0.0931. The van der Waals surface area contributed by atoms with Crippen LogP contribution in [0, 0.1) is 0 Å². The monoisotopic (exact) mass is 580 g/mol. The zero-order chi connectivity index (χ0) is 31.0. The summed E-state index contributed by atoms with van der Waals surface area (Å²) in [7, 11) is 0. The van der Waals surface area contributed by atoms with Crippen LogP contribution in [0.15, 0.2) is 97.1 Å². The summed E-state index contributed by atoms with van der Waals surface area (Å²) in [6.07, 6.45) is 1.69. The predicted molar refractivity (Wildman–Crippen MR) is 177 cm³/mol. The Labute approximate surface area is 259 Å². The van der Waals surface area contributed by atoms with Crippen LogP contribution >= 0.6 is 0 Å². The maximum atomic E-state index is 6.59. The molecule has 4 aromatic rings. The number of benzene rings is 4. The normalized spacial score (nSPS) is 12.6. The van der Waals surface area contributed by atoms with Crippen LogP contribution in [-0.4, -0.2) is 11.2 Å². The standard InChI is InChI=1S/C39H48O4/c1-28(2)31-14-9-29(10-15-31)13-26-37(41-34-20-24-36(25-21-34)43-39(6,7)8)32-16-11-30(12-17-32)27-40-33-18-22-35(23-19-33)42-38(3,4)5/h9-12,14-25,28,37H,13,26-27H2,1-8H3. The SMILES string of the molecule is CC(C)c1ccc(CCC(Oc2ccc(OC(C)(C)C)cc2)c2ccc(COc3ccc(OC(C)(C)C)cc3)cc2)cc1. The Kier molecular flexibility index (Phi) is 10.4. The van der Waals surface area contributed by atoms with Gasteiger partial charge in [-0.05, 0) is 131 Å². The van der Waals surface area contributed by atoms with Gasteiger partial charge in [-0.15, -0.1) is 0 Å². The molecule has 0 aromatic heterocycles. The van der Waals surface area contributed by atoms with Gasteiger partial charge in [-0.1, -0.05) is 62.4 Å². The topological polar surface area (TPSA) is 36.9 Å². The van der Waals surface area contributed by atoms with Crippen molar-refractivity contribution < 1.29 is 18.9 Å². The molecule has 0 N–H and O–H groups in total. The van der Waals surface area contributed by atoms with Gasteiger partial charge in [0, 0.05) is 0 Å². The molecule has 0 aliphatic rings. The summed E-state index contributed by atoms with van der Waals surface area (Å²) in [5.74, 6) is 3.84. The molecule has 0 heterocycles. The highest BCUT2D eigenvalue weighted by molar-refractivity contribution is 5.34. The third-order valence-corrected chi connectivity index (χ3v) is 6.87. The van der Waals surface area contributed by atoms with Crippen molar-refractivity contribution in [3.8, 4) is 23.0 Å². The van der Waals surface area contributed by atoms with Crippen molar-refractivity contribution in [2.45, 2.75) is 98.1 Å². The van der Waals surface area contributed by atoms with Gasteiger partial charge in [0.15, 0.2) is 0 Å². The summed E-state index contributed by atoms with van der Waals surface area (Å²) in [6.45, 7) is 17.2. The van der Waals surface area contributed by atoms with Crippen molar-refractivity contribution in [2.24, 2.45) is 0 Å². The van der Waals surface area contributed by atoms with Gasteiger partial charge >= 0.3 is 0 Å². The van der Waals surface area contributed by atoms with Gasteiger partial charge in [-0.25, -0.2) is 0 Å². The average molecular weight is 581 g/mol. The number of hydrogen-bond acceptors (Lipinski definition) is 4. The molecule has 228 valence electrons. The van der Waals surface area contributed by atoms with Crippen molar-refractivity contribution in [1.82, 2.24) is 0 Å². The first-order chi connectivity index (χ1) is 20.3. The lowest BCUT2D eigenvalue weighted by atomic mass is 9.97. The minimum Gasteiger partial charge on any atom is -0.489 e. The van der Waals surface area contributed by atoms with Gasteiger partial charge in [0.25, 0.3) is 0 Å². The first kappa shape index (κ1) is 32.0. The second-order valence-corrected chi connectivity index (χ2v) is 13.4. The molecule has 4 heteroatoms. The molecule has 1 unspecified atom stereocenters. The fraction of sp³-hybridized carbons (Fsp3) is 0.385. The number of aryl methyl sites for hydroxylation is 1. The van der Waals surface area contributed by atoms with Crippen LogP contribution in [0.2, 0.25) is 0 Å². The van der Waals surface area contributed by atoms with Crippen molar-refractivity contribution >= 4 is 0 Å². The van der Waals surface area contributed by atoms with E-state index in [4.69, 9.17) is 18.9 Å². The van der Waals surface area contributed by atoms with Crippen LogP contribution < -0.4 is 18.9 Å². The van der Waals surface area contributed by atoms with E-state index in [1.165, 1.54) is 11.1 Å². The van der Waals surface area contributed by atoms with Gasteiger partial charge in [0.2, 0.25) is 0 Å². The maximum Gasteiger partial charge on any atom is 0.124 e. The zero-order valence-corrected chi connectivity index (χ0v) is 27.1. The highest BCUT2D eigenvalue weighted by atomic mass is 16.5. The van der Waals surface area contributed by atoms with Gasteiger partial charge in [0.1, 0.15) is 46.9 Å². The van der Waals surface area contributed by atoms with Crippen LogP contribution in [-0.2, 0) is 13.0 Å². The molecule has 0 spiro atoms. The molecule has 0 amide bonds. The largest absolute Gasteiger partial charge is 0.489 e. The highest BCUT2D eigenvalue weighted by Crippen LogP contribution is 2.30. The lowest BCUT2D eigenvalue weighted by Crippen LogP contribution is -2.22. The summed E-state index contributed by atoms with van der Waals surface area (Å²) in [6, 6.07) is 33.3. The van der Waals surface area contributed by atoms with Crippen molar-refractivity contribution in [2.75, 3.05) is 0 Å². The van der Waals surface area contributed by atoms with Gasteiger partial charge in [0.05, 0.1) is 0 Å². The number of rotatable bonds is 12. The fourth-order valence-electron chi connectivity index (χ4n) is 4.72. The van der Waals surface area contributed by atoms with Crippen molar-refractivity contribution in [3.05, 3.63) is 119 Å². The first-order valence-electron chi connectivity index (χ1n) is 15.4. The van der Waals surface area contributed by atoms with Crippen LogP contribution in [0.5, 0.6) is 23.0 Å². The van der Waals surface area contributed by atoms with Crippen LogP contribution in [0.25, 0.3) is 0 Å². The van der Waals surface area contributed by atoms with Crippen LogP contribution in [0.1, 0.15) is 96.1 Å². The van der Waals surface area contributed by atoms with Gasteiger partial charge in [-0.2, -0.15) is 0 Å². The summed E-state index contributed by atoms with van der Waals surface area (Å²) in [5.41, 5.74) is 4.45. The Morgan fingerprint density at radius 2 is 0.953 bits per heavy atom. The summed E-state index contributed by atoms with van der Waals surface area (Å²) >= 11 is 0. The van der Waals surface area contributed by atoms with E-state index in [1.54, 1.807) is 0 Å². The second kappa shape index (κ2) is 14.0. The average Bonchev–Trinajstić information content (AvgIpc) is 2.95. The molecule has 0 saturated carbocycles. The maximum absolute atomic E-state index is 6.59. The predicted octanol–water partition coefficient (Wildman–Crippen LogP) is 10.5. The van der Waals surface area contributed by atoms with E-state index in [-0.39, 0.29) is 17.3 Å². The summed E-state index contributed by atoms with van der Waals surface area (Å²) in [4.78, 5) is 0. The second-order valence-electron chi connectivity index (χ2n) is 13.4. The molecular weight excluding hydrogens is 532 g/mol. The van der Waals surface area contributed by atoms with E-state index in [0.717, 1.165) is 47.0 Å². The molecule has 1 atom stereocenters. The molecular formula is C39H48O4. The zero-order valence-electron chi connectivity index (χ0n) is 27.1. The Balaban J connectivity index is 1.43. The molecule has 4 nitrogen and oxygen atoms in total. The quantitative estimate of drug-likeness (QED) is 0.167. The van der Waals surface area contributed by atoms with E-state index in [9.17, 15) is 0 Å². The minimum atomic E-state index is -0.244.